The van der Waals surface area contributed by atoms with Gasteiger partial charge in [0.1, 0.15) is 0 Å². The highest BCUT2D eigenvalue weighted by molar-refractivity contribution is 5.29. The van der Waals surface area contributed by atoms with E-state index in [1.807, 2.05) is 6.92 Å². The van der Waals surface area contributed by atoms with Crippen molar-refractivity contribution in [2.75, 3.05) is 19.8 Å². The van der Waals surface area contributed by atoms with Gasteiger partial charge in [-0.25, -0.2) is 4.39 Å². The molecule has 0 bridgehead atoms. The van der Waals surface area contributed by atoms with Gasteiger partial charge in [0.05, 0.1) is 19.8 Å². The van der Waals surface area contributed by atoms with Crippen LogP contribution in [0.5, 0.6) is 5.75 Å². The van der Waals surface area contributed by atoms with Gasteiger partial charge in [0.2, 0.25) is 0 Å². The lowest BCUT2D eigenvalue weighted by Gasteiger charge is -2.23. The van der Waals surface area contributed by atoms with Gasteiger partial charge in [0.25, 0.3) is 0 Å². The van der Waals surface area contributed by atoms with E-state index < -0.39 is 0 Å². The van der Waals surface area contributed by atoms with Crippen molar-refractivity contribution in [2.24, 2.45) is 0 Å². The van der Waals surface area contributed by atoms with Gasteiger partial charge in [0.15, 0.2) is 17.9 Å². The third-order valence-corrected chi connectivity index (χ3v) is 2.59. The van der Waals surface area contributed by atoms with Crippen LogP contribution in [0.4, 0.5) is 4.39 Å². The van der Waals surface area contributed by atoms with Crippen molar-refractivity contribution in [1.29, 1.82) is 0 Å². The molecule has 3 nitrogen and oxygen atoms in total. The predicted octanol–water partition coefficient (Wildman–Crippen LogP) is 2.67. The van der Waals surface area contributed by atoms with E-state index in [4.69, 9.17) is 14.2 Å². The lowest BCUT2D eigenvalue weighted by Crippen LogP contribution is -2.26. The average Bonchev–Trinajstić information content (AvgIpc) is 2.35. The van der Waals surface area contributed by atoms with Crippen LogP contribution < -0.4 is 4.74 Å². The lowest BCUT2D eigenvalue weighted by atomic mass is 10.2. The summed E-state index contributed by atoms with van der Waals surface area (Å²) in [5.74, 6) is -0.0399. The number of rotatable bonds is 4. The molecule has 0 aromatic heterocycles. The summed E-state index contributed by atoms with van der Waals surface area (Å²) >= 11 is 0. The molecule has 0 amide bonds. The minimum Gasteiger partial charge on any atom is -0.490 e. The molecule has 94 valence electrons. The Hall–Kier alpha value is -1.13. The zero-order valence-electron chi connectivity index (χ0n) is 9.95. The lowest BCUT2D eigenvalue weighted by molar-refractivity contribution is -0.183. The zero-order valence-corrected chi connectivity index (χ0v) is 9.95. The van der Waals surface area contributed by atoms with Crippen molar-refractivity contribution in [1.82, 2.24) is 0 Å². The molecule has 0 aliphatic carbocycles. The second-order valence-corrected chi connectivity index (χ2v) is 4.10. The molecule has 1 aromatic rings. The molecule has 0 radical (unpaired) electrons. The summed E-state index contributed by atoms with van der Waals surface area (Å²) in [5.41, 5.74) is 0.978. The molecule has 0 saturated carbocycles. The maximum Gasteiger partial charge on any atom is 0.165 e. The zero-order chi connectivity index (χ0) is 12.1. The number of hydrogen-bond donors (Lipinski definition) is 0. The monoisotopic (exact) mass is 240 g/mol. The van der Waals surface area contributed by atoms with Gasteiger partial charge >= 0.3 is 0 Å². The van der Waals surface area contributed by atoms with E-state index in [2.05, 4.69) is 0 Å². The molecule has 1 aromatic carbocycles. The third-order valence-electron chi connectivity index (χ3n) is 2.59. The molecular formula is C13H17FO3. The Kier molecular flexibility index (Phi) is 4.34. The first-order chi connectivity index (χ1) is 8.25. The Morgan fingerprint density at radius 3 is 2.88 bits per heavy atom. The molecule has 17 heavy (non-hydrogen) atoms. The number of aryl methyl sites for hydroxylation is 1. The van der Waals surface area contributed by atoms with Gasteiger partial charge in [-0.05, 0) is 31.0 Å². The van der Waals surface area contributed by atoms with Crippen molar-refractivity contribution in [3.05, 3.63) is 29.6 Å². The minimum atomic E-state index is -0.332. The summed E-state index contributed by atoms with van der Waals surface area (Å²) in [5, 5.41) is 0. The Morgan fingerprint density at radius 2 is 2.12 bits per heavy atom. The SMILES string of the molecule is Cc1ccc(F)c(OCCC2OCCCO2)c1. The molecule has 1 saturated heterocycles. The highest BCUT2D eigenvalue weighted by Crippen LogP contribution is 2.19. The van der Waals surface area contributed by atoms with Crippen LogP contribution in [0, 0.1) is 12.7 Å². The van der Waals surface area contributed by atoms with Crippen molar-refractivity contribution in [3.8, 4) is 5.75 Å². The Labute approximate surface area is 100 Å². The van der Waals surface area contributed by atoms with E-state index in [1.165, 1.54) is 6.07 Å². The van der Waals surface area contributed by atoms with E-state index >= 15 is 0 Å². The molecule has 0 spiro atoms. The Morgan fingerprint density at radius 1 is 1.35 bits per heavy atom. The molecule has 2 rings (SSSR count). The topological polar surface area (TPSA) is 27.7 Å². The van der Waals surface area contributed by atoms with Crippen LogP contribution >= 0.6 is 0 Å². The van der Waals surface area contributed by atoms with E-state index in [9.17, 15) is 4.39 Å². The average molecular weight is 240 g/mol. The number of halogens is 1. The first kappa shape index (κ1) is 12.3. The molecule has 1 aliphatic heterocycles. The largest absolute Gasteiger partial charge is 0.490 e. The van der Waals surface area contributed by atoms with E-state index in [1.54, 1.807) is 12.1 Å². The van der Waals surface area contributed by atoms with Gasteiger partial charge in [-0.15, -0.1) is 0 Å². The summed E-state index contributed by atoms with van der Waals surface area (Å²) in [6.07, 6.45) is 1.34. The fraction of sp³-hybridized carbons (Fsp3) is 0.538. The second-order valence-electron chi connectivity index (χ2n) is 4.10. The van der Waals surface area contributed by atoms with Crippen molar-refractivity contribution in [2.45, 2.75) is 26.1 Å². The fourth-order valence-corrected chi connectivity index (χ4v) is 1.69. The highest BCUT2D eigenvalue weighted by Gasteiger charge is 2.14. The van der Waals surface area contributed by atoms with Crippen LogP contribution in [0.15, 0.2) is 18.2 Å². The molecule has 1 fully saturated rings. The number of ether oxygens (including phenoxy) is 3. The van der Waals surface area contributed by atoms with Gasteiger partial charge < -0.3 is 14.2 Å². The summed E-state index contributed by atoms with van der Waals surface area (Å²) in [7, 11) is 0. The molecule has 1 heterocycles. The van der Waals surface area contributed by atoms with Gasteiger partial charge in [0, 0.05) is 6.42 Å². The number of benzene rings is 1. The van der Waals surface area contributed by atoms with Crippen LogP contribution in [-0.4, -0.2) is 26.1 Å². The summed E-state index contributed by atoms with van der Waals surface area (Å²) < 4.78 is 29.5. The van der Waals surface area contributed by atoms with Crippen molar-refractivity contribution >= 4 is 0 Å². The van der Waals surface area contributed by atoms with Gasteiger partial charge in [-0.2, -0.15) is 0 Å². The first-order valence-corrected chi connectivity index (χ1v) is 5.88. The maximum absolute atomic E-state index is 13.3. The summed E-state index contributed by atoms with van der Waals surface area (Å²) in [4.78, 5) is 0. The van der Waals surface area contributed by atoms with E-state index in [-0.39, 0.29) is 12.1 Å². The predicted molar refractivity (Wildman–Crippen MR) is 61.6 cm³/mol. The second kappa shape index (κ2) is 5.98. The Balaban J connectivity index is 1.79. The van der Waals surface area contributed by atoms with Crippen molar-refractivity contribution < 1.29 is 18.6 Å². The van der Waals surface area contributed by atoms with Crippen LogP contribution in [0.2, 0.25) is 0 Å². The van der Waals surface area contributed by atoms with Crippen LogP contribution in [0.3, 0.4) is 0 Å². The molecule has 0 atom stereocenters. The van der Waals surface area contributed by atoms with Crippen LogP contribution in [0.1, 0.15) is 18.4 Å². The van der Waals surface area contributed by atoms with E-state index in [0.29, 0.717) is 18.8 Å². The van der Waals surface area contributed by atoms with Crippen molar-refractivity contribution in [3.63, 3.8) is 0 Å². The smallest absolute Gasteiger partial charge is 0.165 e. The molecule has 4 heteroatoms. The molecule has 1 aliphatic rings. The third kappa shape index (κ3) is 3.68. The number of hydrogen-bond acceptors (Lipinski definition) is 3. The molecule has 0 unspecified atom stereocenters. The van der Waals surface area contributed by atoms with Gasteiger partial charge in [-0.1, -0.05) is 6.07 Å². The first-order valence-electron chi connectivity index (χ1n) is 5.88. The van der Waals surface area contributed by atoms with Crippen LogP contribution in [0.25, 0.3) is 0 Å². The standard InChI is InChI=1S/C13H17FO3/c1-10-3-4-11(14)12(9-10)15-8-5-13-16-6-2-7-17-13/h3-4,9,13H,2,5-8H2,1H3. The normalized spacial score (nSPS) is 17.1. The maximum atomic E-state index is 13.3. The summed E-state index contributed by atoms with van der Waals surface area (Å²) in [6.45, 7) is 3.75. The highest BCUT2D eigenvalue weighted by atomic mass is 19.1. The van der Waals surface area contributed by atoms with Crippen LogP contribution in [-0.2, 0) is 9.47 Å². The minimum absolute atomic E-state index is 0.211. The summed E-state index contributed by atoms with van der Waals surface area (Å²) in [6, 6.07) is 4.83. The van der Waals surface area contributed by atoms with E-state index in [0.717, 1.165) is 25.2 Å². The quantitative estimate of drug-likeness (QED) is 0.809. The molecule has 0 N–H and O–H groups in total. The Bertz CT molecular complexity index is 362. The van der Waals surface area contributed by atoms with Gasteiger partial charge in [-0.3, -0.25) is 0 Å². The molecular weight excluding hydrogens is 223 g/mol. The fourth-order valence-electron chi connectivity index (χ4n) is 1.69.